The Labute approximate surface area is 98.3 Å². The van der Waals surface area contributed by atoms with Gasteiger partial charge < -0.3 is 9.88 Å². The van der Waals surface area contributed by atoms with E-state index in [2.05, 4.69) is 21.1 Å². The van der Waals surface area contributed by atoms with Gasteiger partial charge in [-0.15, -0.1) is 0 Å². The van der Waals surface area contributed by atoms with Crippen molar-refractivity contribution < 1.29 is 0 Å². The van der Waals surface area contributed by atoms with E-state index < -0.39 is 0 Å². The number of rotatable bonds is 5. The fraction of sp³-hybridized carbons (Fsp3) is 0.769. The third-order valence-electron chi connectivity index (χ3n) is 3.59. The van der Waals surface area contributed by atoms with Crippen LogP contribution in [0, 0.1) is 0 Å². The normalized spacial score (nSPS) is 17.8. The van der Waals surface area contributed by atoms with Crippen molar-refractivity contribution in [3.63, 3.8) is 0 Å². The first-order valence-corrected chi connectivity index (χ1v) is 6.56. The number of aromatic nitrogens is 2. The summed E-state index contributed by atoms with van der Waals surface area (Å²) in [6.07, 6.45) is 12.2. The summed E-state index contributed by atoms with van der Waals surface area (Å²) in [5, 5.41) is 3.20. The van der Waals surface area contributed by atoms with Crippen molar-refractivity contribution in [2.24, 2.45) is 0 Å². The molecule has 0 bridgehead atoms. The van der Waals surface area contributed by atoms with Gasteiger partial charge >= 0.3 is 0 Å². The molecule has 3 heteroatoms. The SMILES string of the molecule is CNCCCn1cncc1C1CCCCC1. The first-order chi connectivity index (χ1) is 7.92. The average Bonchev–Trinajstić information content (AvgIpc) is 2.79. The lowest BCUT2D eigenvalue weighted by atomic mass is 9.87. The highest BCUT2D eigenvalue weighted by Crippen LogP contribution is 2.32. The summed E-state index contributed by atoms with van der Waals surface area (Å²) in [5.74, 6) is 0.769. The van der Waals surface area contributed by atoms with Crippen LogP contribution in [0.5, 0.6) is 0 Å². The van der Waals surface area contributed by atoms with Crippen molar-refractivity contribution in [1.29, 1.82) is 0 Å². The standard InChI is InChI=1S/C13H23N3/c1-14-8-5-9-16-11-15-10-13(16)12-6-3-2-4-7-12/h10-12,14H,2-9H2,1H3. The Balaban J connectivity index is 1.94. The highest BCUT2D eigenvalue weighted by atomic mass is 15.0. The molecule has 0 atom stereocenters. The second kappa shape index (κ2) is 6.04. The summed E-state index contributed by atoms with van der Waals surface area (Å²) in [7, 11) is 2.01. The first-order valence-electron chi connectivity index (χ1n) is 6.56. The van der Waals surface area contributed by atoms with Crippen molar-refractivity contribution >= 4 is 0 Å². The van der Waals surface area contributed by atoms with Gasteiger partial charge in [-0.05, 0) is 32.9 Å². The summed E-state index contributed by atoms with van der Waals surface area (Å²) in [4.78, 5) is 4.32. The average molecular weight is 221 g/mol. The van der Waals surface area contributed by atoms with E-state index in [1.165, 1.54) is 44.2 Å². The predicted octanol–water partition coefficient (Wildman–Crippen LogP) is 2.54. The molecule has 1 aromatic heterocycles. The summed E-state index contributed by atoms with van der Waals surface area (Å²) in [6.45, 7) is 2.19. The Bertz CT molecular complexity index is 300. The van der Waals surface area contributed by atoms with Gasteiger partial charge in [0.1, 0.15) is 0 Å². The molecular weight excluding hydrogens is 198 g/mol. The van der Waals surface area contributed by atoms with E-state index >= 15 is 0 Å². The van der Waals surface area contributed by atoms with Crippen molar-refractivity contribution in [3.05, 3.63) is 18.2 Å². The molecule has 0 aliphatic heterocycles. The molecule has 16 heavy (non-hydrogen) atoms. The Morgan fingerprint density at radius 3 is 2.94 bits per heavy atom. The second-order valence-electron chi connectivity index (χ2n) is 4.80. The van der Waals surface area contributed by atoms with Gasteiger partial charge in [-0.2, -0.15) is 0 Å². The summed E-state index contributed by atoms with van der Waals surface area (Å²) >= 11 is 0. The van der Waals surface area contributed by atoms with E-state index in [9.17, 15) is 0 Å². The van der Waals surface area contributed by atoms with E-state index in [0.717, 1.165) is 19.0 Å². The fourth-order valence-electron chi connectivity index (χ4n) is 2.68. The van der Waals surface area contributed by atoms with Crippen LogP contribution in [0.4, 0.5) is 0 Å². The molecule has 0 spiro atoms. The molecule has 0 saturated heterocycles. The highest BCUT2D eigenvalue weighted by Gasteiger charge is 2.18. The molecule has 1 fully saturated rings. The molecule has 1 saturated carbocycles. The van der Waals surface area contributed by atoms with Gasteiger partial charge in [0.05, 0.1) is 6.33 Å². The summed E-state index contributed by atoms with van der Waals surface area (Å²) < 4.78 is 2.35. The molecule has 0 amide bonds. The molecule has 3 nitrogen and oxygen atoms in total. The maximum absolute atomic E-state index is 4.32. The minimum Gasteiger partial charge on any atom is -0.334 e. The van der Waals surface area contributed by atoms with Crippen LogP contribution in [-0.2, 0) is 6.54 Å². The van der Waals surface area contributed by atoms with E-state index in [4.69, 9.17) is 0 Å². The van der Waals surface area contributed by atoms with Crippen LogP contribution in [0.2, 0.25) is 0 Å². The monoisotopic (exact) mass is 221 g/mol. The van der Waals surface area contributed by atoms with Crippen molar-refractivity contribution in [2.75, 3.05) is 13.6 Å². The molecule has 90 valence electrons. The molecule has 0 unspecified atom stereocenters. The Kier molecular flexibility index (Phi) is 4.40. The highest BCUT2D eigenvalue weighted by molar-refractivity contribution is 5.07. The molecule has 1 aliphatic rings. The number of nitrogens with one attached hydrogen (secondary N) is 1. The lowest BCUT2D eigenvalue weighted by Gasteiger charge is -2.22. The number of imidazole rings is 1. The summed E-state index contributed by atoms with van der Waals surface area (Å²) in [5.41, 5.74) is 1.47. The molecule has 2 rings (SSSR count). The Morgan fingerprint density at radius 1 is 1.38 bits per heavy atom. The van der Waals surface area contributed by atoms with E-state index in [1.807, 2.05) is 13.4 Å². The van der Waals surface area contributed by atoms with Gasteiger partial charge in [0.15, 0.2) is 0 Å². The quantitative estimate of drug-likeness (QED) is 0.774. The topological polar surface area (TPSA) is 29.9 Å². The van der Waals surface area contributed by atoms with Crippen LogP contribution in [0.25, 0.3) is 0 Å². The first kappa shape index (κ1) is 11.6. The van der Waals surface area contributed by atoms with E-state index in [1.54, 1.807) is 0 Å². The number of hydrogen-bond donors (Lipinski definition) is 1. The third-order valence-corrected chi connectivity index (χ3v) is 3.59. The van der Waals surface area contributed by atoms with Crippen LogP contribution in [0.3, 0.4) is 0 Å². The third kappa shape index (κ3) is 2.85. The minimum atomic E-state index is 0.769. The van der Waals surface area contributed by atoms with Gasteiger partial charge in [0.25, 0.3) is 0 Å². The fourth-order valence-corrected chi connectivity index (χ4v) is 2.68. The van der Waals surface area contributed by atoms with E-state index in [0.29, 0.717) is 0 Å². The predicted molar refractivity (Wildman–Crippen MR) is 66.6 cm³/mol. The van der Waals surface area contributed by atoms with E-state index in [-0.39, 0.29) is 0 Å². The smallest absolute Gasteiger partial charge is 0.0948 e. The van der Waals surface area contributed by atoms with Crippen LogP contribution >= 0.6 is 0 Å². The molecule has 1 N–H and O–H groups in total. The van der Waals surface area contributed by atoms with Crippen LogP contribution in [0.1, 0.15) is 50.1 Å². The number of aryl methyl sites for hydroxylation is 1. The Hall–Kier alpha value is -0.830. The largest absolute Gasteiger partial charge is 0.334 e. The maximum atomic E-state index is 4.32. The van der Waals surface area contributed by atoms with Crippen LogP contribution in [-0.4, -0.2) is 23.1 Å². The lowest BCUT2D eigenvalue weighted by Crippen LogP contribution is -2.14. The molecule has 1 heterocycles. The van der Waals surface area contributed by atoms with Crippen molar-refractivity contribution in [1.82, 2.24) is 14.9 Å². The van der Waals surface area contributed by atoms with Gasteiger partial charge in [-0.1, -0.05) is 19.3 Å². The number of hydrogen-bond acceptors (Lipinski definition) is 2. The lowest BCUT2D eigenvalue weighted by molar-refractivity contribution is 0.421. The van der Waals surface area contributed by atoms with Gasteiger partial charge in [0.2, 0.25) is 0 Å². The molecule has 1 aromatic rings. The summed E-state index contributed by atoms with van der Waals surface area (Å²) in [6, 6.07) is 0. The zero-order chi connectivity index (χ0) is 11.2. The van der Waals surface area contributed by atoms with Crippen LogP contribution < -0.4 is 5.32 Å². The minimum absolute atomic E-state index is 0.769. The zero-order valence-electron chi connectivity index (χ0n) is 10.3. The second-order valence-corrected chi connectivity index (χ2v) is 4.80. The Morgan fingerprint density at radius 2 is 2.19 bits per heavy atom. The van der Waals surface area contributed by atoms with Gasteiger partial charge in [-0.25, -0.2) is 4.98 Å². The van der Waals surface area contributed by atoms with Gasteiger partial charge in [-0.3, -0.25) is 0 Å². The zero-order valence-corrected chi connectivity index (χ0v) is 10.3. The van der Waals surface area contributed by atoms with Gasteiger partial charge in [0, 0.05) is 24.4 Å². The molecular formula is C13H23N3. The molecule has 1 aliphatic carbocycles. The van der Waals surface area contributed by atoms with Crippen LogP contribution in [0.15, 0.2) is 12.5 Å². The number of nitrogens with zero attached hydrogens (tertiary/aromatic N) is 2. The molecule has 0 aromatic carbocycles. The molecule has 0 radical (unpaired) electrons. The van der Waals surface area contributed by atoms with Crippen molar-refractivity contribution in [3.8, 4) is 0 Å². The maximum Gasteiger partial charge on any atom is 0.0948 e. The van der Waals surface area contributed by atoms with Crippen molar-refractivity contribution in [2.45, 2.75) is 51.0 Å².